The van der Waals surface area contributed by atoms with Crippen molar-refractivity contribution in [3.63, 3.8) is 0 Å². The summed E-state index contributed by atoms with van der Waals surface area (Å²) in [5.74, 6) is -1.23. The minimum Gasteiger partial charge on any atom is -0.452 e. The van der Waals surface area contributed by atoms with E-state index in [-0.39, 0.29) is 5.56 Å². The van der Waals surface area contributed by atoms with Crippen LogP contribution >= 0.6 is 11.8 Å². The fourth-order valence-electron chi connectivity index (χ4n) is 1.76. The fourth-order valence-corrected chi connectivity index (χ4v) is 2.55. The third kappa shape index (κ3) is 5.75. The maximum Gasteiger partial charge on any atom is 0.341 e. The molecule has 120 valence electrons. The van der Waals surface area contributed by atoms with Gasteiger partial charge < -0.3 is 10.1 Å². The molecule has 0 radical (unpaired) electrons. The highest BCUT2D eigenvalue weighted by molar-refractivity contribution is 7.99. The van der Waals surface area contributed by atoms with Crippen molar-refractivity contribution in [3.05, 3.63) is 66.0 Å². The molecule has 0 aromatic heterocycles. The van der Waals surface area contributed by atoms with Crippen molar-refractivity contribution in [1.29, 1.82) is 0 Å². The predicted molar refractivity (Wildman–Crippen MR) is 86.9 cm³/mol. The van der Waals surface area contributed by atoms with Crippen LogP contribution in [0.4, 0.5) is 4.39 Å². The summed E-state index contributed by atoms with van der Waals surface area (Å²) < 4.78 is 18.2. The van der Waals surface area contributed by atoms with E-state index in [4.69, 9.17) is 4.74 Å². The molecule has 0 saturated carbocycles. The summed E-state index contributed by atoms with van der Waals surface area (Å²) >= 11 is 1.61. The van der Waals surface area contributed by atoms with Crippen LogP contribution in [0.1, 0.15) is 10.4 Å². The zero-order valence-corrected chi connectivity index (χ0v) is 13.1. The summed E-state index contributed by atoms with van der Waals surface area (Å²) in [6, 6.07) is 15.3. The molecule has 0 heterocycles. The molecule has 0 saturated heterocycles. The Morgan fingerprint density at radius 1 is 1.04 bits per heavy atom. The summed E-state index contributed by atoms with van der Waals surface area (Å²) in [4.78, 5) is 24.3. The predicted octanol–water partition coefficient (Wildman–Crippen LogP) is 2.89. The Morgan fingerprint density at radius 2 is 1.74 bits per heavy atom. The van der Waals surface area contributed by atoms with Gasteiger partial charge in [-0.25, -0.2) is 9.18 Å². The van der Waals surface area contributed by atoms with Crippen molar-refractivity contribution in [1.82, 2.24) is 5.32 Å². The molecule has 2 aromatic carbocycles. The number of nitrogens with one attached hydrogen (secondary N) is 1. The lowest BCUT2D eigenvalue weighted by Crippen LogP contribution is -2.30. The monoisotopic (exact) mass is 333 g/mol. The Hall–Kier alpha value is -2.34. The van der Waals surface area contributed by atoms with Crippen LogP contribution in [0, 0.1) is 5.82 Å². The van der Waals surface area contributed by atoms with Crippen molar-refractivity contribution >= 4 is 23.6 Å². The molecular weight excluding hydrogens is 317 g/mol. The van der Waals surface area contributed by atoms with E-state index in [1.807, 2.05) is 30.3 Å². The van der Waals surface area contributed by atoms with E-state index in [0.717, 1.165) is 11.0 Å². The third-order valence-electron chi connectivity index (χ3n) is 2.86. The van der Waals surface area contributed by atoms with Crippen LogP contribution in [-0.4, -0.2) is 30.8 Å². The van der Waals surface area contributed by atoms with Crippen LogP contribution in [0.5, 0.6) is 0 Å². The minimum absolute atomic E-state index is 0.181. The molecule has 4 nitrogen and oxygen atoms in total. The first-order valence-corrected chi connectivity index (χ1v) is 8.01. The van der Waals surface area contributed by atoms with Crippen LogP contribution in [0.2, 0.25) is 0 Å². The van der Waals surface area contributed by atoms with E-state index in [0.29, 0.717) is 12.3 Å². The summed E-state index contributed by atoms with van der Waals surface area (Å²) in [5, 5.41) is 2.64. The molecule has 1 amide bonds. The van der Waals surface area contributed by atoms with Crippen LogP contribution < -0.4 is 5.32 Å². The smallest absolute Gasteiger partial charge is 0.341 e. The van der Waals surface area contributed by atoms with Crippen molar-refractivity contribution in [3.8, 4) is 0 Å². The molecule has 0 aliphatic heterocycles. The lowest BCUT2D eigenvalue weighted by Gasteiger charge is -2.07. The zero-order chi connectivity index (χ0) is 16.5. The van der Waals surface area contributed by atoms with Gasteiger partial charge in [0.05, 0.1) is 5.56 Å². The van der Waals surface area contributed by atoms with Gasteiger partial charge in [-0.2, -0.15) is 0 Å². The standard InChI is InChI=1S/C17H16FNO3S/c18-15-9-5-4-8-14(15)17(21)22-12-16(20)19-10-11-23-13-6-2-1-3-7-13/h1-9H,10-12H2,(H,19,20). The molecular formula is C17H16FNO3S. The molecule has 1 N–H and O–H groups in total. The summed E-state index contributed by atoms with van der Waals surface area (Å²) in [7, 11) is 0. The van der Waals surface area contributed by atoms with E-state index in [2.05, 4.69) is 5.32 Å². The lowest BCUT2D eigenvalue weighted by molar-refractivity contribution is -0.124. The van der Waals surface area contributed by atoms with Gasteiger partial charge in [-0.15, -0.1) is 11.8 Å². The molecule has 0 aliphatic rings. The van der Waals surface area contributed by atoms with E-state index >= 15 is 0 Å². The average molecular weight is 333 g/mol. The maximum atomic E-state index is 13.4. The first-order chi connectivity index (χ1) is 11.2. The topological polar surface area (TPSA) is 55.4 Å². The van der Waals surface area contributed by atoms with Gasteiger partial charge in [0.2, 0.25) is 0 Å². The van der Waals surface area contributed by atoms with Crippen LogP contribution in [-0.2, 0) is 9.53 Å². The molecule has 0 unspecified atom stereocenters. The van der Waals surface area contributed by atoms with E-state index < -0.39 is 24.3 Å². The number of hydrogen-bond acceptors (Lipinski definition) is 4. The fraction of sp³-hybridized carbons (Fsp3) is 0.176. The highest BCUT2D eigenvalue weighted by Gasteiger charge is 2.13. The SMILES string of the molecule is O=C(COC(=O)c1ccccc1F)NCCSc1ccccc1. The van der Waals surface area contributed by atoms with Gasteiger partial charge in [0.15, 0.2) is 6.61 Å². The van der Waals surface area contributed by atoms with Gasteiger partial charge in [0.25, 0.3) is 5.91 Å². The van der Waals surface area contributed by atoms with Gasteiger partial charge in [-0.05, 0) is 24.3 Å². The van der Waals surface area contributed by atoms with Gasteiger partial charge in [-0.1, -0.05) is 30.3 Å². The number of esters is 1. The molecule has 0 aliphatic carbocycles. The summed E-state index contributed by atoms with van der Waals surface area (Å²) in [5.41, 5.74) is -0.181. The second kappa shape index (κ2) is 8.95. The molecule has 0 fully saturated rings. The Labute approximate surface area is 138 Å². The average Bonchev–Trinajstić information content (AvgIpc) is 2.58. The van der Waals surface area contributed by atoms with Crippen molar-refractivity contribution in [2.45, 2.75) is 4.90 Å². The maximum absolute atomic E-state index is 13.4. The normalized spacial score (nSPS) is 10.1. The third-order valence-corrected chi connectivity index (χ3v) is 3.88. The number of carbonyl (C=O) groups is 2. The first kappa shape index (κ1) is 17.0. The lowest BCUT2D eigenvalue weighted by atomic mass is 10.2. The molecule has 0 spiro atoms. The van der Waals surface area contributed by atoms with Gasteiger partial charge in [-0.3, -0.25) is 4.79 Å². The first-order valence-electron chi connectivity index (χ1n) is 7.03. The summed E-state index contributed by atoms with van der Waals surface area (Å²) in [6.07, 6.45) is 0. The number of hydrogen-bond donors (Lipinski definition) is 1. The van der Waals surface area contributed by atoms with Crippen molar-refractivity contribution < 1.29 is 18.7 Å². The van der Waals surface area contributed by atoms with Crippen LogP contribution in [0.15, 0.2) is 59.5 Å². The number of amides is 1. The highest BCUT2D eigenvalue weighted by atomic mass is 32.2. The second-order valence-corrected chi connectivity index (χ2v) is 5.74. The van der Waals surface area contributed by atoms with Gasteiger partial charge in [0.1, 0.15) is 5.82 Å². The van der Waals surface area contributed by atoms with E-state index in [1.54, 1.807) is 11.8 Å². The number of benzene rings is 2. The number of carbonyl (C=O) groups excluding carboxylic acids is 2. The Balaban J connectivity index is 1.65. The highest BCUT2D eigenvalue weighted by Crippen LogP contribution is 2.15. The largest absolute Gasteiger partial charge is 0.452 e. The molecule has 0 bridgehead atoms. The molecule has 2 aromatic rings. The molecule has 0 atom stereocenters. The Morgan fingerprint density at radius 3 is 2.48 bits per heavy atom. The quantitative estimate of drug-likeness (QED) is 0.481. The zero-order valence-electron chi connectivity index (χ0n) is 12.3. The number of halogens is 1. The van der Waals surface area contributed by atoms with Gasteiger partial charge in [0, 0.05) is 17.2 Å². The van der Waals surface area contributed by atoms with Crippen LogP contribution in [0.25, 0.3) is 0 Å². The van der Waals surface area contributed by atoms with Gasteiger partial charge >= 0.3 is 5.97 Å². The Bertz CT molecular complexity index is 664. The Kier molecular flexibility index (Phi) is 6.62. The number of thioether (sulfide) groups is 1. The minimum atomic E-state index is -0.850. The van der Waals surface area contributed by atoms with Crippen LogP contribution in [0.3, 0.4) is 0 Å². The summed E-state index contributed by atoms with van der Waals surface area (Å²) in [6.45, 7) is 0.0266. The number of ether oxygens (including phenoxy) is 1. The second-order valence-electron chi connectivity index (χ2n) is 4.57. The van der Waals surface area contributed by atoms with E-state index in [1.165, 1.54) is 18.2 Å². The molecule has 6 heteroatoms. The molecule has 2 rings (SSSR count). The van der Waals surface area contributed by atoms with E-state index in [9.17, 15) is 14.0 Å². The van der Waals surface area contributed by atoms with Crippen molar-refractivity contribution in [2.24, 2.45) is 0 Å². The van der Waals surface area contributed by atoms with Crippen molar-refractivity contribution in [2.75, 3.05) is 18.9 Å². The molecule has 23 heavy (non-hydrogen) atoms. The number of rotatable bonds is 7.